The first kappa shape index (κ1) is 32.4. The molecule has 1 aliphatic rings. The second-order valence-electron chi connectivity index (χ2n) is 11.7. The highest BCUT2D eigenvalue weighted by molar-refractivity contribution is 7.92. The highest BCUT2D eigenvalue weighted by atomic mass is 35.5. The quantitative estimate of drug-likeness (QED) is 0.175. The van der Waals surface area contributed by atoms with Gasteiger partial charge in [0.2, 0.25) is 0 Å². The molecule has 1 atom stereocenters. The number of rotatable bonds is 7. The Morgan fingerprint density at radius 2 is 1.86 bits per heavy atom. The van der Waals surface area contributed by atoms with Gasteiger partial charge in [-0.2, -0.15) is 0 Å². The minimum Gasteiger partial charge on any atom is -0.337 e. The lowest BCUT2D eigenvalue weighted by molar-refractivity contribution is 0.0710. The van der Waals surface area contributed by atoms with Crippen molar-refractivity contribution in [2.24, 2.45) is 5.73 Å². The van der Waals surface area contributed by atoms with Crippen molar-refractivity contribution in [1.29, 1.82) is 0 Å². The molecule has 250 valence electrons. The molecule has 0 radical (unpaired) electrons. The van der Waals surface area contributed by atoms with E-state index in [1.54, 1.807) is 27.8 Å². The van der Waals surface area contributed by atoms with Crippen molar-refractivity contribution in [3.8, 4) is 5.82 Å². The Morgan fingerprint density at radius 3 is 2.67 bits per heavy atom. The van der Waals surface area contributed by atoms with Gasteiger partial charge in [0.15, 0.2) is 11.6 Å². The van der Waals surface area contributed by atoms with Gasteiger partial charge >= 0.3 is 0 Å². The fraction of sp³-hybridized carbons (Fsp3) is 0.176. The van der Waals surface area contributed by atoms with Gasteiger partial charge in [-0.1, -0.05) is 35.9 Å². The lowest BCUT2D eigenvalue weighted by Gasteiger charge is -2.30. The smallest absolute Gasteiger partial charge is 0.262 e. The number of sulfonamides is 1. The predicted molar refractivity (Wildman–Crippen MR) is 184 cm³/mol. The van der Waals surface area contributed by atoms with E-state index in [2.05, 4.69) is 20.0 Å². The fourth-order valence-electron chi connectivity index (χ4n) is 6.00. The Balaban J connectivity index is 1.26. The van der Waals surface area contributed by atoms with Crippen LogP contribution in [0, 0.1) is 18.6 Å². The highest BCUT2D eigenvalue weighted by Crippen LogP contribution is 2.33. The van der Waals surface area contributed by atoms with Crippen molar-refractivity contribution in [3.63, 3.8) is 0 Å². The molecule has 3 aromatic carbocycles. The summed E-state index contributed by atoms with van der Waals surface area (Å²) >= 11 is 6.10. The van der Waals surface area contributed by atoms with Crippen LogP contribution in [-0.2, 0) is 10.0 Å². The number of hydrogen-bond acceptors (Lipinski definition) is 8. The topological polar surface area (TPSA) is 148 Å². The first-order valence-electron chi connectivity index (χ1n) is 15.3. The summed E-state index contributed by atoms with van der Waals surface area (Å²) in [5.74, 6) is -1.98. The third-order valence-corrected chi connectivity index (χ3v) is 10.4. The Morgan fingerprint density at radius 1 is 1.04 bits per heavy atom. The lowest BCUT2D eigenvalue weighted by Crippen LogP contribution is -2.45. The molecular formula is C34H29ClF2N8O3S. The Hall–Kier alpha value is -5.18. The van der Waals surface area contributed by atoms with Gasteiger partial charge in [0.1, 0.15) is 29.2 Å². The van der Waals surface area contributed by atoms with Crippen LogP contribution in [0.1, 0.15) is 28.8 Å². The van der Waals surface area contributed by atoms with E-state index < -0.39 is 33.0 Å². The molecule has 15 heteroatoms. The fourth-order valence-corrected chi connectivity index (χ4v) is 7.56. The molecule has 0 bridgehead atoms. The van der Waals surface area contributed by atoms with Gasteiger partial charge in [-0.15, -0.1) is 0 Å². The normalized spacial score (nSPS) is 15.1. The van der Waals surface area contributed by atoms with Crippen molar-refractivity contribution >= 4 is 66.7 Å². The molecule has 1 saturated heterocycles. The molecule has 49 heavy (non-hydrogen) atoms. The van der Waals surface area contributed by atoms with E-state index in [1.807, 2.05) is 24.3 Å². The average molecular weight is 703 g/mol. The molecule has 7 rings (SSSR count). The Labute approximate surface area is 284 Å². The number of nitrogens with zero attached hydrogens (tertiary/aromatic N) is 5. The molecule has 6 aromatic rings. The SMILES string of the molecule is Cc1c(Cl)cccc1S(=O)(=O)Nc1ccc(F)c(Nc2ncnc3ccc(-n4cc(C(=O)N5CCC[C@H](N)C5)c5ccccc54)nc23)c1F. The van der Waals surface area contributed by atoms with Crippen LogP contribution in [0.3, 0.4) is 0 Å². The number of piperidine rings is 1. The summed E-state index contributed by atoms with van der Waals surface area (Å²) < 4.78 is 61.3. The van der Waals surface area contributed by atoms with Crippen molar-refractivity contribution in [1.82, 2.24) is 24.4 Å². The molecule has 1 amide bonds. The predicted octanol–water partition coefficient (Wildman–Crippen LogP) is 6.32. The molecule has 4 N–H and O–H groups in total. The van der Waals surface area contributed by atoms with Crippen molar-refractivity contribution in [2.75, 3.05) is 23.1 Å². The number of para-hydroxylation sites is 1. The molecule has 3 aromatic heterocycles. The van der Waals surface area contributed by atoms with Crippen LogP contribution in [-0.4, -0.2) is 57.9 Å². The molecule has 1 aliphatic heterocycles. The number of likely N-dealkylation sites (tertiary alicyclic amines) is 1. The summed E-state index contributed by atoms with van der Waals surface area (Å²) in [6, 6.07) is 17.0. The number of fused-ring (bicyclic) bond motifs is 2. The molecule has 0 spiro atoms. The number of nitrogens with two attached hydrogens (primary N) is 1. The van der Waals surface area contributed by atoms with E-state index in [-0.39, 0.29) is 38.8 Å². The molecule has 0 unspecified atom stereocenters. The third-order valence-electron chi connectivity index (χ3n) is 8.49. The van der Waals surface area contributed by atoms with Crippen LogP contribution >= 0.6 is 11.6 Å². The van der Waals surface area contributed by atoms with E-state index in [0.29, 0.717) is 30.0 Å². The van der Waals surface area contributed by atoms with E-state index in [9.17, 15) is 13.2 Å². The number of carbonyl (C=O) groups excluding carboxylic acids is 1. The maximum absolute atomic E-state index is 15.9. The van der Waals surface area contributed by atoms with Crippen molar-refractivity contribution < 1.29 is 22.0 Å². The van der Waals surface area contributed by atoms with Crippen LogP contribution in [0.2, 0.25) is 5.02 Å². The number of amides is 1. The standard InChI is InChI=1S/C34H29ClF2N8O3S/c1-19-23(35)8-4-10-28(19)49(47,48)43-25-12-11-24(36)31(30(25)37)42-33-32-26(39-18-40-33)13-14-29(41-32)45-17-22(21-7-2-3-9-27(21)45)34(46)44-15-5-6-20(38)16-44/h2-4,7-14,17-18,20,43H,5-6,15-16,38H2,1H3,(H,39,40,42)/t20-/m0/s1. The van der Waals surface area contributed by atoms with E-state index in [1.165, 1.54) is 31.5 Å². The number of pyridine rings is 1. The maximum atomic E-state index is 15.9. The minimum absolute atomic E-state index is 0.0367. The van der Waals surface area contributed by atoms with Crippen molar-refractivity contribution in [3.05, 3.63) is 107 Å². The van der Waals surface area contributed by atoms with E-state index in [0.717, 1.165) is 35.9 Å². The summed E-state index contributed by atoms with van der Waals surface area (Å²) in [4.78, 5) is 28.5. The number of benzene rings is 3. The average Bonchev–Trinajstić information content (AvgIpc) is 3.48. The van der Waals surface area contributed by atoms with Gasteiger partial charge in [-0.25, -0.2) is 32.2 Å². The van der Waals surface area contributed by atoms with Gasteiger partial charge < -0.3 is 20.5 Å². The van der Waals surface area contributed by atoms with Crippen LogP contribution < -0.4 is 15.8 Å². The zero-order valence-corrected chi connectivity index (χ0v) is 27.6. The zero-order chi connectivity index (χ0) is 34.4. The molecule has 4 heterocycles. The van der Waals surface area contributed by atoms with Crippen LogP contribution in [0.25, 0.3) is 27.8 Å². The number of anilines is 3. The highest BCUT2D eigenvalue weighted by Gasteiger charge is 2.26. The number of aromatic nitrogens is 4. The van der Waals surface area contributed by atoms with E-state index >= 15 is 8.78 Å². The zero-order valence-electron chi connectivity index (χ0n) is 26.0. The van der Waals surface area contributed by atoms with Crippen LogP contribution in [0.5, 0.6) is 0 Å². The van der Waals surface area contributed by atoms with Gasteiger partial charge in [0.25, 0.3) is 15.9 Å². The second kappa shape index (κ2) is 12.7. The molecule has 0 aliphatic carbocycles. The lowest BCUT2D eigenvalue weighted by atomic mass is 10.1. The number of carbonyl (C=O) groups is 1. The summed E-state index contributed by atoms with van der Waals surface area (Å²) in [7, 11) is -4.29. The Kier molecular flexibility index (Phi) is 8.38. The second-order valence-corrected chi connectivity index (χ2v) is 13.8. The van der Waals surface area contributed by atoms with Gasteiger partial charge in [-0.05, 0) is 67.8 Å². The summed E-state index contributed by atoms with van der Waals surface area (Å²) in [6.07, 6.45) is 4.61. The number of hydrogen-bond donors (Lipinski definition) is 3. The maximum Gasteiger partial charge on any atom is 0.262 e. The first-order valence-corrected chi connectivity index (χ1v) is 17.2. The van der Waals surface area contributed by atoms with Gasteiger partial charge in [0, 0.05) is 35.7 Å². The molecule has 0 saturated carbocycles. The summed E-state index contributed by atoms with van der Waals surface area (Å²) in [5.41, 5.74) is 7.02. The van der Waals surface area contributed by atoms with Gasteiger partial charge in [-0.3, -0.25) is 9.52 Å². The first-order chi connectivity index (χ1) is 23.5. The molecule has 1 fully saturated rings. The third kappa shape index (κ3) is 6.03. The summed E-state index contributed by atoms with van der Waals surface area (Å²) in [5, 5.41) is 3.60. The largest absolute Gasteiger partial charge is 0.337 e. The van der Waals surface area contributed by atoms with Crippen LogP contribution in [0.4, 0.5) is 26.0 Å². The molecular weight excluding hydrogens is 674 g/mol. The number of nitrogens with one attached hydrogen (secondary N) is 2. The minimum atomic E-state index is -4.29. The Bertz CT molecular complexity index is 2390. The van der Waals surface area contributed by atoms with Gasteiger partial charge in [0.05, 0.1) is 27.2 Å². The van der Waals surface area contributed by atoms with Crippen LogP contribution in [0.15, 0.2) is 84.1 Å². The molecule has 11 nitrogen and oxygen atoms in total. The number of halogens is 3. The summed E-state index contributed by atoms with van der Waals surface area (Å²) in [6.45, 7) is 2.60. The van der Waals surface area contributed by atoms with E-state index in [4.69, 9.17) is 22.3 Å². The monoisotopic (exact) mass is 702 g/mol. The van der Waals surface area contributed by atoms with Crippen molar-refractivity contribution in [2.45, 2.75) is 30.7 Å².